The summed E-state index contributed by atoms with van der Waals surface area (Å²) in [4.78, 5) is 12.6. The zero-order valence-electron chi connectivity index (χ0n) is 7.41. The Morgan fingerprint density at radius 2 is 2.08 bits per heavy atom. The van der Waals surface area contributed by atoms with E-state index < -0.39 is 5.82 Å². The van der Waals surface area contributed by atoms with Gasteiger partial charge in [-0.25, -0.2) is 4.39 Å². The fourth-order valence-corrected chi connectivity index (χ4v) is 0.927. The molecular weight excluding hydrogens is 173 g/mol. The summed E-state index contributed by atoms with van der Waals surface area (Å²) in [5.74, 6) is -1.25. The van der Waals surface area contributed by atoms with Crippen molar-refractivity contribution in [1.29, 1.82) is 0 Å². The van der Waals surface area contributed by atoms with E-state index in [1.54, 1.807) is 14.1 Å². The quantitative estimate of drug-likeness (QED) is 0.711. The third kappa shape index (κ3) is 1.96. The molecule has 13 heavy (non-hydrogen) atoms. The van der Waals surface area contributed by atoms with Crippen LogP contribution in [0.4, 0.5) is 4.39 Å². The summed E-state index contributed by atoms with van der Waals surface area (Å²) in [5, 5.41) is 9.22. The molecule has 0 aliphatic carbocycles. The van der Waals surface area contributed by atoms with Gasteiger partial charge in [0.1, 0.15) is 11.6 Å². The molecule has 0 bridgehead atoms. The van der Waals surface area contributed by atoms with Crippen LogP contribution in [0.3, 0.4) is 0 Å². The number of hydrogen-bond donors (Lipinski definition) is 1. The van der Waals surface area contributed by atoms with Crippen LogP contribution in [0.2, 0.25) is 0 Å². The Bertz CT molecular complexity index is 336. The fourth-order valence-electron chi connectivity index (χ4n) is 0.927. The highest BCUT2D eigenvalue weighted by Gasteiger charge is 2.12. The topological polar surface area (TPSA) is 40.5 Å². The van der Waals surface area contributed by atoms with E-state index in [0.717, 1.165) is 12.1 Å². The number of phenolic OH excluding ortho intramolecular Hbond substituents is 1. The number of carbonyl (C=O) groups is 1. The Kier molecular flexibility index (Phi) is 2.51. The SMILES string of the molecule is CN(C)C(=O)c1ccc(F)cc1O. The minimum absolute atomic E-state index is 0.103. The van der Waals surface area contributed by atoms with Gasteiger partial charge in [-0.15, -0.1) is 0 Å². The number of benzene rings is 1. The minimum atomic E-state index is -0.562. The van der Waals surface area contributed by atoms with Crippen LogP contribution >= 0.6 is 0 Å². The molecular formula is C9H10FNO2. The van der Waals surface area contributed by atoms with E-state index >= 15 is 0 Å². The maximum absolute atomic E-state index is 12.5. The molecule has 70 valence electrons. The van der Waals surface area contributed by atoms with E-state index in [0.29, 0.717) is 0 Å². The standard InChI is InChI=1S/C9H10FNO2/c1-11(2)9(13)7-4-3-6(10)5-8(7)12/h3-5,12H,1-2H3. The number of rotatable bonds is 1. The first kappa shape index (κ1) is 9.51. The van der Waals surface area contributed by atoms with Crippen molar-refractivity contribution < 1.29 is 14.3 Å². The van der Waals surface area contributed by atoms with Crippen LogP contribution in [0.15, 0.2) is 18.2 Å². The zero-order chi connectivity index (χ0) is 10.0. The lowest BCUT2D eigenvalue weighted by molar-refractivity contribution is 0.0824. The molecule has 0 aliphatic heterocycles. The largest absolute Gasteiger partial charge is 0.507 e. The second-order valence-corrected chi connectivity index (χ2v) is 2.86. The molecule has 1 amide bonds. The predicted octanol–water partition coefficient (Wildman–Crippen LogP) is 1.23. The van der Waals surface area contributed by atoms with Crippen LogP contribution in [0.1, 0.15) is 10.4 Å². The van der Waals surface area contributed by atoms with Gasteiger partial charge in [0.25, 0.3) is 5.91 Å². The average molecular weight is 183 g/mol. The second-order valence-electron chi connectivity index (χ2n) is 2.86. The predicted molar refractivity (Wildman–Crippen MR) is 46.1 cm³/mol. The lowest BCUT2D eigenvalue weighted by atomic mass is 10.2. The van der Waals surface area contributed by atoms with E-state index in [-0.39, 0.29) is 17.2 Å². The molecule has 0 aliphatic rings. The number of nitrogens with zero attached hydrogens (tertiary/aromatic N) is 1. The summed E-state index contributed by atoms with van der Waals surface area (Å²) in [6, 6.07) is 3.31. The maximum atomic E-state index is 12.5. The Labute approximate surface area is 75.4 Å². The molecule has 1 aromatic rings. The van der Waals surface area contributed by atoms with Crippen molar-refractivity contribution in [2.45, 2.75) is 0 Å². The van der Waals surface area contributed by atoms with Gasteiger partial charge in [-0.1, -0.05) is 0 Å². The highest BCUT2D eigenvalue weighted by molar-refractivity contribution is 5.96. The lowest BCUT2D eigenvalue weighted by Crippen LogP contribution is -2.21. The Morgan fingerprint density at radius 3 is 2.54 bits per heavy atom. The summed E-state index contributed by atoms with van der Waals surface area (Å²) < 4.78 is 12.5. The first-order valence-electron chi connectivity index (χ1n) is 3.72. The highest BCUT2D eigenvalue weighted by atomic mass is 19.1. The Hall–Kier alpha value is -1.58. The highest BCUT2D eigenvalue weighted by Crippen LogP contribution is 2.18. The van der Waals surface area contributed by atoms with Gasteiger partial charge >= 0.3 is 0 Å². The summed E-state index contributed by atoms with van der Waals surface area (Å²) >= 11 is 0. The summed E-state index contributed by atoms with van der Waals surface area (Å²) in [7, 11) is 3.12. The van der Waals surface area contributed by atoms with Gasteiger partial charge in [-0.3, -0.25) is 4.79 Å². The molecule has 1 aromatic carbocycles. The number of halogens is 1. The summed E-state index contributed by atoms with van der Waals surface area (Å²) in [6.07, 6.45) is 0. The summed E-state index contributed by atoms with van der Waals surface area (Å²) in [5.41, 5.74) is 0.103. The van der Waals surface area contributed by atoms with E-state index in [1.165, 1.54) is 11.0 Å². The molecule has 0 heterocycles. The monoisotopic (exact) mass is 183 g/mol. The molecule has 0 spiro atoms. The van der Waals surface area contributed by atoms with Crippen molar-refractivity contribution in [3.8, 4) is 5.75 Å². The van der Waals surface area contributed by atoms with Crippen molar-refractivity contribution >= 4 is 5.91 Å². The molecule has 1 rings (SSSR count). The maximum Gasteiger partial charge on any atom is 0.257 e. The number of carbonyl (C=O) groups excluding carboxylic acids is 1. The molecule has 0 atom stereocenters. The minimum Gasteiger partial charge on any atom is -0.507 e. The van der Waals surface area contributed by atoms with Gasteiger partial charge < -0.3 is 10.0 Å². The zero-order valence-corrected chi connectivity index (χ0v) is 7.41. The van der Waals surface area contributed by atoms with Gasteiger partial charge in [0.05, 0.1) is 5.56 Å². The van der Waals surface area contributed by atoms with Gasteiger partial charge in [0.2, 0.25) is 0 Å². The van der Waals surface area contributed by atoms with Crippen molar-refractivity contribution in [3.63, 3.8) is 0 Å². The molecule has 1 N–H and O–H groups in total. The van der Waals surface area contributed by atoms with Gasteiger partial charge in [-0.05, 0) is 12.1 Å². The smallest absolute Gasteiger partial charge is 0.257 e. The molecule has 4 heteroatoms. The van der Waals surface area contributed by atoms with E-state index in [9.17, 15) is 14.3 Å². The van der Waals surface area contributed by atoms with Gasteiger partial charge in [0.15, 0.2) is 0 Å². The van der Waals surface area contributed by atoms with E-state index in [1.807, 2.05) is 0 Å². The average Bonchev–Trinajstić information content (AvgIpc) is 2.03. The summed E-state index contributed by atoms with van der Waals surface area (Å²) in [6.45, 7) is 0. The van der Waals surface area contributed by atoms with Crippen LogP contribution in [-0.4, -0.2) is 30.0 Å². The molecule has 0 fully saturated rings. The van der Waals surface area contributed by atoms with Crippen LogP contribution < -0.4 is 0 Å². The first-order chi connectivity index (χ1) is 6.02. The Balaban J connectivity index is 3.09. The van der Waals surface area contributed by atoms with Crippen molar-refractivity contribution in [2.24, 2.45) is 0 Å². The van der Waals surface area contributed by atoms with E-state index in [4.69, 9.17) is 0 Å². The van der Waals surface area contributed by atoms with Crippen LogP contribution in [0, 0.1) is 5.82 Å². The van der Waals surface area contributed by atoms with Crippen molar-refractivity contribution in [2.75, 3.05) is 14.1 Å². The molecule has 0 saturated carbocycles. The van der Waals surface area contributed by atoms with Crippen LogP contribution in [0.5, 0.6) is 5.75 Å². The molecule has 0 radical (unpaired) electrons. The molecule has 0 aromatic heterocycles. The first-order valence-corrected chi connectivity index (χ1v) is 3.72. The van der Waals surface area contributed by atoms with Gasteiger partial charge in [0, 0.05) is 20.2 Å². The number of amides is 1. The van der Waals surface area contributed by atoms with E-state index in [2.05, 4.69) is 0 Å². The third-order valence-corrected chi connectivity index (χ3v) is 1.60. The third-order valence-electron chi connectivity index (χ3n) is 1.60. The number of phenols is 1. The van der Waals surface area contributed by atoms with Crippen molar-refractivity contribution in [3.05, 3.63) is 29.6 Å². The van der Waals surface area contributed by atoms with Crippen LogP contribution in [0.25, 0.3) is 0 Å². The lowest BCUT2D eigenvalue weighted by Gasteiger charge is -2.10. The number of aromatic hydroxyl groups is 1. The van der Waals surface area contributed by atoms with Crippen molar-refractivity contribution in [1.82, 2.24) is 4.90 Å². The molecule has 3 nitrogen and oxygen atoms in total. The second kappa shape index (κ2) is 3.43. The van der Waals surface area contributed by atoms with Gasteiger partial charge in [-0.2, -0.15) is 0 Å². The number of hydrogen-bond acceptors (Lipinski definition) is 2. The van der Waals surface area contributed by atoms with Crippen LogP contribution in [-0.2, 0) is 0 Å². The fraction of sp³-hybridized carbons (Fsp3) is 0.222. The molecule has 0 unspecified atom stereocenters. The molecule has 0 saturated heterocycles. The normalized spacial score (nSPS) is 9.77. The Morgan fingerprint density at radius 1 is 1.46 bits per heavy atom.